The Bertz CT molecular complexity index is 1300. The predicted octanol–water partition coefficient (Wildman–Crippen LogP) is 3.75. The second kappa shape index (κ2) is 10.3. The van der Waals surface area contributed by atoms with Crippen LogP contribution >= 0.6 is 22.9 Å². The molecular formula is C23H24ClN7O3S. The van der Waals surface area contributed by atoms with Crippen LogP contribution in [0.3, 0.4) is 0 Å². The summed E-state index contributed by atoms with van der Waals surface area (Å²) < 4.78 is 0. The first-order chi connectivity index (χ1) is 16.8. The van der Waals surface area contributed by atoms with Crippen molar-refractivity contribution in [2.24, 2.45) is 0 Å². The number of nitrogens with one attached hydrogen (secondary N) is 3. The van der Waals surface area contributed by atoms with Crippen LogP contribution in [0.25, 0.3) is 0 Å². The molecule has 0 saturated carbocycles. The summed E-state index contributed by atoms with van der Waals surface area (Å²) in [6.45, 7) is 4.22. The fourth-order valence-electron chi connectivity index (χ4n) is 3.71. The number of amides is 3. The molecule has 0 fully saturated rings. The maximum Gasteiger partial charge on any atom is 0.263 e. The summed E-state index contributed by atoms with van der Waals surface area (Å²) in [5.41, 5.74) is 2.85. The van der Waals surface area contributed by atoms with Gasteiger partial charge in [-0.1, -0.05) is 17.7 Å². The molecule has 0 aliphatic carbocycles. The van der Waals surface area contributed by atoms with Crippen molar-refractivity contribution in [2.75, 3.05) is 35.7 Å². The Balaban J connectivity index is 1.61. The zero-order valence-corrected chi connectivity index (χ0v) is 21.0. The molecule has 35 heavy (non-hydrogen) atoms. The topological polar surface area (TPSA) is 120 Å². The highest BCUT2D eigenvalue weighted by atomic mass is 35.5. The van der Waals surface area contributed by atoms with Gasteiger partial charge < -0.3 is 25.8 Å². The Morgan fingerprint density at radius 3 is 2.71 bits per heavy atom. The van der Waals surface area contributed by atoms with Gasteiger partial charge in [-0.25, -0.2) is 4.98 Å². The van der Waals surface area contributed by atoms with E-state index < -0.39 is 0 Å². The van der Waals surface area contributed by atoms with E-state index >= 15 is 0 Å². The van der Waals surface area contributed by atoms with Crippen LogP contribution in [0, 0.1) is 0 Å². The van der Waals surface area contributed by atoms with Crippen LogP contribution in [0.2, 0.25) is 5.02 Å². The standard InChI is InChI=1S/C23H24ClN7O3S/c1-4-31-18-9-15(6-5-14(18)11-30(13(2)32)12-19(31)33)27-23-26-10-16(24)21(29-23)28-17-7-8-35-20(17)22(34)25-3/h5-10H,4,11-12H2,1-3H3,(H,25,34)(H2,26,27,28,29). The quantitative estimate of drug-likeness (QED) is 0.459. The van der Waals surface area contributed by atoms with Crippen molar-refractivity contribution in [2.45, 2.75) is 20.4 Å². The smallest absolute Gasteiger partial charge is 0.263 e. The second-order valence-electron chi connectivity index (χ2n) is 7.74. The van der Waals surface area contributed by atoms with Gasteiger partial charge in [0.15, 0.2) is 5.82 Å². The number of fused-ring (bicyclic) bond motifs is 1. The maximum absolute atomic E-state index is 12.8. The zero-order valence-electron chi connectivity index (χ0n) is 19.4. The lowest BCUT2D eigenvalue weighted by Crippen LogP contribution is -2.39. The van der Waals surface area contributed by atoms with Crippen LogP contribution < -0.4 is 20.9 Å². The van der Waals surface area contributed by atoms with Gasteiger partial charge in [-0.15, -0.1) is 11.3 Å². The molecule has 10 nitrogen and oxygen atoms in total. The van der Waals surface area contributed by atoms with Crippen molar-refractivity contribution >= 4 is 69.5 Å². The van der Waals surface area contributed by atoms with Crippen molar-refractivity contribution in [1.82, 2.24) is 20.2 Å². The minimum absolute atomic E-state index is 0.0383. The molecule has 0 saturated heterocycles. The second-order valence-corrected chi connectivity index (χ2v) is 9.06. The first-order valence-electron chi connectivity index (χ1n) is 10.9. The molecule has 2 aromatic heterocycles. The first kappa shape index (κ1) is 24.4. The van der Waals surface area contributed by atoms with E-state index in [9.17, 15) is 14.4 Å². The molecule has 3 N–H and O–H groups in total. The molecule has 0 bridgehead atoms. The Morgan fingerprint density at radius 2 is 2.00 bits per heavy atom. The molecule has 3 heterocycles. The third-order valence-corrected chi connectivity index (χ3v) is 6.67. The summed E-state index contributed by atoms with van der Waals surface area (Å²) >= 11 is 7.60. The number of anilines is 5. The van der Waals surface area contributed by atoms with Gasteiger partial charge in [-0.05, 0) is 36.1 Å². The van der Waals surface area contributed by atoms with E-state index in [-0.39, 0.29) is 30.2 Å². The Kier molecular flexibility index (Phi) is 7.17. The van der Waals surface area contributed by atoms with E-state index in [0.29, 0.717) is 40.2 Å². The highest BCUT2D eigenvalue weighted by Gasteiger charge is 2.27. The van der Waals surface area contributed by atoms with Crippen molar-refractivity contribution in [3.05, 3.63) is 51.3 Å². The summed E-state index contributed by atoms with van der Waals surface area (Å²) in [6.07, 6.45) is 1.46. The number of hydrogen-bond donors (Lipinski definition) is 3. The number of hydrogen-bond acceptors (Lipinski definition) is 8. The van der Waals surface area contributed by atoms with Gasteiger partial charge in [0.2, 0.25) is 17.8 Å². The van der Waals surface area contributed by atoms with E-state index in [0.717, 1.165) is 11.3 Å². The van der Waals surface area contributed by atoms with Crippen LogP contribution in [0.1, 0.15) is 29.1 Å². The summed E-state index contributed by atoms with van der Waals surface area (Å²) in [6, 6.07) is 7.33. The average Bonchev–Trinajstić information content (AvgIpc) is 3.24. The molecule has 1 aliphatic heterocycles. The lowest BCUT2D eigenvalue weighted by molar-refractivity contribution is -0.133. The minimum Gasteiger partial charge on any atom is -0.354 e. The molecule has 4 rings (SSSR count). The summed E-state index contributed by atoms with van der Waals surface area (Å²) in [7, 11) is 1.57. The van der Waals surface area contributed by atoms with E-state index in [2.05, 4.69) is 25.9 Å². The molecule has 3 amide bonds. The molecule has 182 valence electrons. The van der Waals surface area contributed by atoms with E-state index in [1.807, 2.05) is 25.1 Å². The number of nitrogens with zero attached hydrogens (tertiary/aromatic N) is 4. The molecule has 3 aromatic rings. The molecule has 0 unspecified atom stereocenters. The summed E-state index contributed by atoms with van der Waals surface area (Å²) in [4.78, 5) is 49.2. The van der Waals surface area contributed by atoms with E-state index in [4.69, 9.17) is 11.6 Å². The molecule has 0 spiro atoms. The molecule has 1 aliphatic rings. The zero-order chi connectivity index (χ0) is 25.1. The van der Waals surface area contributed by atoms with Crippen LogP contribution in [0.15, 0.2) is 35.8 Å². The largest absolute Gasteiger partial charge is 0.354 e. The van der Waals surface area contributed by atoms with Gasteiger partial charge in [0.05, 0.1) is 17.6 Å². The Labute approximate surface area is 211 Å². The highest BCUT2D eigenvalue weighted by molar-refractivity contribution is 7.12. The molecule has 12 heteroatoms. The van der Waals surface area contributed by atoms with E-state index in [1.165, 1.54) is 29.4 Å². The van der Waals surface area contributed by atoms with Gasteiger partial charge in [0, 0.05) is 32.7 Å². The summed E-state index contributed by atoms with van der Waals surface area (Å²) in [5, 5.41) is 10.9. The highest BCUT2D eigenvalue weighted by Crippen LogP contribution is 2.32. The van der Waals surface area contributed by atoms with Crippen LogP contribution in [0.4, 0.5) is 28.8 Å². The molecule has 0 radical (unpaired) electrons. The SMILES string of the molecule is CCN1C(=O)CN(C(C)=O)Cc2ccc(Nc3ncc(Cl)c(Nc4ccsc4C(=O)NC)n3)cc21. The lowest BCUT2D eigenvalue weighted by Gasteiger charge is -2.21. The number of carbonyl (C=O) groups is 3. The van der Waals surface area contributed by atoms with Gasteiger partial charge >= 0.3 is 0 Å². The Hall–Kier alpha value is -3.70. The third kappa shape index (κ3) is 5.20. The number of halogens is 1. The van der Waals surface area contributed by atoms with Crippen LogP contribution in [-0.4, -0.2) is 52.7 Å². The van der Waals surface area contributed by atoms with Crippen molar-refractivity contribution in [3.63, 3.8) is 0 Å². The fraction of sp³-hybridized carbons (Fsp3) is 0.261. The molecular weight excluding hydrogens is 490 g/mol. The van der Waals surface area contributed by atoms with Gasteiger partial charge in [0.25, 0.3) is 5.91 Å². The normalized spacial score (nSPS) is 13.2. The minimum atomic E-state index is -0.214. The predicted molar refractivity (Wildman–Crippen MR) is 137 cm³/mol. The first-order valence-corrected chi connectivity index (χ1v) is 12.1. The number of aromatic nitrogens is 2. The van der Waals surface area contributed by atoms with Crippen molar-refractivity contribution in [1.29, 1.82) is 0 Å². The van der Waals surface area contributed by atoms with Gasteiger partial charge in [0.1, 0.15) is 16.4 Å². The van der Waals surface area contributed by atoms with Gasteiger partial charge in [-0.3, -0.25) is 14.4 Å². The number of benzene rings is 1. The van der Waals surface area contributed by atoms with Crippen molar-refractivity contribution in [3.8, 4) is 0 Å². The van der Waals surface area contributed by atoms with Crippen molar-refractivity contribution < 1.29 is 14.4 Å². The number of rotatable bonds is 6. The number of likely N-dealkylation sites (N-methyl/N-ethyl adjacent to an activating group) is 1. The molecule has 0 atom stereocenters. The monoisotopic (exact) mass is 513 g/mol. The van der Waals surface area contributed by atoms with Gasteiger partial charge in [-0.2, -0.15) is 4.98 Å². The van der Waals surface area contributed by atoms with E-state index in [1.54, 1.807) is 23.4 Å². The fourth-order valence-corrected chi connectivity index (χ4v) is 4.64. The third-order valence-electron chi connectivity index (χ3n) is 5.48. The Morgan fingerprint density at radius 1 is 1.20 bits per heavy atom. The number of thiophene rings is 1. The maximum atomic E-state index is 12.8. The number of carbonyl (C=O) groups excluding carboxylic acids is 3. The lowest BCUT2D eigenvalue weighted by atomic mass is 10.1. The van der Waals surface area contributed by atoms with Crippen LogP contribution in [-0.2, 0) is 16.1 Å². The molecule has 1 aromatic carbocycles. The average molecular weight is 514 g/mol. The van der Waals surface area contributed by atoms with Crippen LogP contribution in [0.5, 0.6) is 0 Å². The summed E-state index contributed by atoms with van der Waals surface area (Å²) in [5.74, 6) is 0.112.